The highest BCUT2D eigenvalue weighted by molar-refractivity contribution is 6.76. The first-order valence-corrected chi connectivity index (χ1v) is 14.0. The summed E-state index contributed by atoms with van der Waals surface area (Å²) in [5.74, 6) is 0.554. The Morgan fingerprint density at radius 3 is 2.79 bits per heavy atom. The average Bonchev–Trinajstić information content (AvgIpc) is 3.07. The maximum atomic E-state index is 12.5. The largest absolute Gasteiger partial charge is 0.361 e. The van der Waals surface area contributed by atoms with Crippen LogP contribution in [-0.4, -0.2) is 48.3 Å². The van der Waals surface area contributed by atoms with E-state index in [4.69, 9.17) is 4.74 Å². The Bertz CT molecular complexity index is 795. The zero-order valence-electron chi connectivity index (χ0n) is 17.6. The molecule has 0 bridgehead atoms. The van der Waals surface area contributed by atoms with Gasteiger partial charge >= 0.3 is 6.03 Å². The monoisotopic (exact) mass is 403 g/mol. The number of anilines is 1. The quantitative estimate of drug-likeness (QED) is 0.555. The molecule has 3 rings (SSSR count). The smallest absolute Gasteiger partial charge is 0.323 e. The van der Waals surface area contributed by atoms with E-state index in [0.717, 1.165) is 36.7 Å². The topological polar surface area (TPSA) is 72.3 Å². The molecule has 0 radical (unpaired) electrons. The Kier molecular flexibility index (Phi) is 6.72. The van der Waals surface area contributed by atoms with Gasteiger partial charge in [-0.3, -0.25) is 4.90 Å². The molecule has 0 aliphatic heterocycles. The van der Waals surface area contributed by atoms with E-state index in [9.17, 15) is 4.79 Å². The SMILES string of the molecule is CN(C(=O)NC1CCCCC1)c1cnc2c(ccn2COCC[Si](C)(C)C)n1. The Morgan fingerprint density at radius 1 is 1.32 bits per heavy atom. The van der Waals surface area contributed by atoms with Crippen LogP contribution in [0.1, 0.15) is 32.1 Å². The van der Waals surface area contributed by atoms with Gasteiger partial charge in [0.2, 0.25) is 0 Å². The predicted octanol–water partition coefficient (Wildman–Crippen LogP) is 4.22. The van der Waals surface area contributed by atoms with Gasteiger partial charge in [0.05, 0.1) is 6.20 Å². The fraction of sp³-hybridized carbons (Fsp3) is 0.650. The van der Waals surface area contributed by atoms with E-state index in [1.165, 1.54) is 19.3 Å². The zero-order chi connectivity index (χ0) is 20.1. The Hall–Kier alpha value is -1.93. The number of hydrogen-bond acceptors (Lipinski definition) is 4. The molecule has 28 heavy (non-hydrogen) atoms. The second-order valence-corrected chi connectivity index (χ2v) is 14.5. The number of carbonyl (C=O) groups is 1. The van der Waals surface area contributed by atoms with E-state index < -0.39 is 8.07 Å². The van der Waals surface area contributed by atoms with Gasteiger partial charge in [-0.15, -0.1) is 0 Å². The summed E-state index contributed by atoms with van der Waals surface area (Å²) in [7, 11) is 0.655. The first kappa shape index (κ1) is 20.8. The molecule has 2 aromatic heterocycles. The van der Waals surface area contributed by atoms with E-state index in [2.05, 4.69) is 34.9 Å². The van der Waals surface area contributed by atoms with Crippen LogP contribution in [-0.2, 0) is 11.5 Å². The van der Waals surface area contributed by atoms with Crippen molar-refractivity contribution in [1.29, 1.82) is 0 Å². The summed E-state index contributed by atoms with van der Waals surface area (Å²) < 4.78 is 7.77. The molecule has 2 heterocycles. The van der Waals surface area contributed by atoms with Crippen molar-refractivity contribution in [3.05, 3.63) is 18.5 Å². The summed E-state index contributed by atoms with van der Waals surface area (Å²) in [5.41, 5.74) is 1.54. The summed E-state index contributed by atoms with van der Waals surface area (Å²) in [5, 5.41) is 3.11. The fourth-order valence-corrected chi connectivity index (χ4v) is 4.14. The highest BCUT2D eigenvalue weighted by atomic mass is 28.3. The molecule has 0 spiro atoms. The number of nitrogens with one attached hydrogen (secondary N) is 1. The first-order valence-electron chi connectivity index (χ1n) is 10.3. The lowest BCUT2D eigenvalue weighted by Gasteiger charge is -2.25. The van der Waals surface area contributed by atoms with Crippen LogP contribution in [0, 0.1) is 0 Å². The van der Waals surface area contributed by atoms with Crippen LogP contribution in [0.5, 0.6) is 0 Å². The van der Waals surface area contributed by atoms with Crippen molar-refractivity contribution in [2.45, 2.75) is 70.6 Å². The van der Waals surface area contributed by atoms with Crippen molar-refractivity contribution >= 4 is 31.1 Å². The molecule has 1 fully saturated rings. The molecular weight excluding hydrogens is 370 g/mol. The maximum absolute atomic E-state index is 12.5. The van der Waals surface area contributed by atoms with Crippen molar-refractivity contribution in [2.24, 2.45) is 0 Å². The van der Waals surface area contributed by atoms with Crippen LogP contribution in [0.25, 0.3) is 11.2 Å². The van der Waals surface area contributed by atoms with Crippen LogP contribution in [0.2, 0.25) is 25.7 Å². The van der Waals surface area contributed by atoms with Gasteiger partial charge < -0.3 is 14.6 Å². The van der Waals surface area contributed by atoms with E-state index in [-0.39, 0.29) is 12.1 Å². The Morgan fingerprint density at radius 2 is 2.07 bits per heavy atom. The minimum atomic E-state index is -1.09. The highest BCUT2D eigenvalue weighted by Gasteiger charge is 2.20. The van der Waals surface area contributed by atoms with Gasteiger partial charge in [-0.1, -0.05) is 38.9 Å². The summed E-state index contributed by atoms with van der Waals surface area (Å²) in [6, 6.07) is 3.22. The van der Waals surface area contributed by atoms with Crippen molar-refractivity contribution in [3.63, 3.8) is 0 Å². The molecule has 1 saturated carbocycles. The second-order valence-electron chi connectivity index (χ2n) is 8.91. The predicted molar refractivity (Wildman–Crippen MR) is 115 cm³/mol. The fourth-order valence-electron chi connectivity index (χ4n) is 3.38. The molecule has 1 aliphatic rings. The van der Waals surface area contributed by atoms with Gasteiger partial charge in [-0.05, 0) is 25.0 Å². The van der Waals surface area contributed by atoms with E-state index >= 15 is 0 Å². The number of fused-ring (bicyclic) bond motifs is 1. The molecule has 2 amide bonds. The second kappa shape index (κ2) is 9.04. The molecule has 0 aromatic carbocycles. The lowest BCUT2D eigenvalue weighted by Crippen LogP contribution is -2.44. The van der Waals surface area contributed by atoms with Crippen LogP contribution in [0.3, 0.4) is 0 Å². The van der Waals surface area contributed by atoms with Crippen LogP contribution in [0.15, 0.2) is 18.5 Å². The zero-order valence-corrected chi connectivity index (χ0v) is 18.6. The third-order valence-electron chi connectivity index (χ3n) is 5.26. The lowest BCUT2D eigenvalue weighted by atomic mass is 9.96. The van der Waals surface area contributed by atoms with Crippen molar-refractivity contribution in [3.8, 4) is 0 Å². The van der Waals surface area contributed by atoms with Crippen LogP contribution < -0.4 is 10.2 Å². The molecule has 7 nitrogen and oxygen atoms in total. The van der Waals surface area contributed by atoms with Gasteiger partial charge in [0.15, 0.2) is 11.5 Å². The van der Waals surface area contributed by atoms with Crippen molar-refractivity contribution in [1.82, 2.24) is 19.9 Å². The highest BCUT2D eigenvalue weighted by Crippen LogP contribution is 2.19. The van der Waals surface area contributed by atoms with E-state index in [1.807, 2.05) is 16.8 Å². The minimum Gasteiger partial charge on any atom is -0.361 e. The summed E-state index contributed by atoms with van der Waals surface area (Å²) >= 11 is 0. The third-order valence-corrected chi connectivity index (χ3v) is 6.96. The first-order chi connectivity index (χ1) is 13.3. The molecule has 2 aromatic rings. The third kappa shape index (κ3) is 5.54. The molecule has 0 unspecified atom stereocenters. The Balaban J connectivity index is 1.60. The van der Waals surface area contributed by atoms with Gasteiger partial charge in [-0.2, -0.15) is 0 Å². The van der Waals surface area contributed by atoms with Crippen molar-refractivity contribution in [2.75, 3.05) is 18.6 Å². The summed E-state index contributed by atoms with van der Waals surface area (Å²) in [4.78, 5) is 23.2. The maximum Gasteiger partial charge on any atom is 0.323 e. The van der Waals surface area contributed by atoms with Gasteiger partial charge in [0.25, 0.3) is 0 Å². The van der Waals surface area contributed by atoms with E-state index in [0.29, 0.717) is 12.5 Å². The van der Waals surface area contributed by atoms with Gasteiger partial charge in [0, 0.05) is 34.0 Å². The Labute approximate surface area is 168 Å². The lowest BCUT2D eigenvalue weighted by molar-refractivity contribution is 0.0899. The number of nitrogens with zero attached hydrogens (tertiary/aromatic N) is 4. The standard InChI is InChI=1S/C20H33N5O2Si/c1-24(20(26)22-16-8-6-5-7-9-16)18-14-21-19-17(23-18)10-11-25(19)15-27-12-13-28(2,3)4/h10-11,14,16H,5-9,12-13,15H2,1-4H3,(H,22,26). The molecule has 1 aliphatic carbocycles. The number of carbonyl (C=O) groups excluding carboxylic acids is 1. The van der Waals surface area contributed by atoms with E-state index in [1.54, 1.807) is 18.1 Å². The number of urea groups is 1. The summed E-state index contributed by atoms with van der Waals surface area (Å²) in [6.07, 6.45) is 9.35. The number of ether oxygens (including phenoxy) is 1. The molecule has 8 heteroatoms. The number of aromatic nitrogens is 3. The minimum absolute atomic E-state index is 0.116. The molecule has 0 saturated heterocycles. The number of rotatable bonds is 7. The summed E-state index contributed by atoms with van der Waals surface area (Å²) in [6.45, 7) is 8.27. The normalized spacial score (nSPS) is 15.7. The number of hydrogen-bond donors (Lipinski definition) is 1. The van der Waals surface area contributed by atoms with Crippen LogP contribution >= 0.6 is 0 Å². The molecular formula is C20H33N5O2Si. The van der Waals surface area contributed by atoms with Crippen molar-refractivity contribution < 1.29 is 9.53 Å². The number of amides is 2. The molecule has 154 valence electrons. The molecule has 1 N–H and O–H groups in total. The van der Waals surface area contributed by atoms with Crippen LogP contribution in [0.4, 0.5) is 10.6 Å². The average molecular weight is 404 g/mol. The van der Waals surface area contributed by atoms with Gasteiger partial charge in [-0.25, -0.2) is 14.8 Å². The van der Waals surface area contributed by atoms with Gasteiger partial charge in [0.1, 0.15) is 12.2 Å². The molecule has 0 atom stereocenters.